The minimum Gasteiger partial charge on any atom is -0.493 e. The van der Waals surface area contributed by atoms with Crippen LogP contribution in [0.4, 0.5) is 0 Å². The first-order valence-electron chi connectivity index (χ1n) is 9.17. The molecule has 0 aromatic heterocycles. The van der Waals surface area contributed by atoms with Crippen LogP contribution < -0.4 is 14.8 Å². The lowest BCUT2D eigenvalue weighted by molar-refractivity contribution is -0.134. The van der Waals surface area contributed by atoms with Crippen LogP contribution >= 0.6 is 15.9 Å². The highest BCUT2D eigenvalue weighted by atomic mass is 79.9. The van der Waals surface area contributed by atoms with Crippen molar-refractivity contribution in [2.24, 2.45) is 0 Å². The molecular weight excluding hydrogens is 424 g/mol. The van der Waals surface area contributed by atoms with Gasteiger partial charge in [0, 0.05) is 23.6 Å². The van der Waals surface area contributed by atoms with Crippen molar-refractivity contribution in [1.82, 2.24) is 10.2 Å². The van der Waals surface area contributed by atoms with Crippen LogP contribution in [0.1, 0.15) is 23.2 Å². The molecule has 7 heteroatoms. The van der Waals surface area contributed by atoms with Crippen LogP contribution in [0.25, 0.3) is 0 Å². The Morgan fingerprint density at radius 2 is 1.71 bits per heavy atom. The maximum atomic E-state index is 12.4. The molecule has 2 amide bonds. The minimum atomic E-state index is -0.100. The molecule has 1 fully saturated rings. The van der Waals surface area contributed by atoms with E-state index in [2.05, 4.69) is 21.2 Å². The number of benzene rings is 2. The number of piperidine rings is 1. The molecule has 3 rings (SSSR count). The summed E-state index contributed by atoms with van der Waals surface area (Å²) in [6.45, 7) is 1.15. The monoisotopic (exact) mass is 446 g/mol. The zero-order valence-electron chi connectivity index (χ0n) is 15.7. The number of methoxy groups -OCH3 is 1. The summed E-state index contributed by atoms with van der Waals surface area (Å²) >= 11 is 3.40. The Morgan fingerprint density at radius 3 is 2.39 bits per heavy atom. The molecule has 28 heavy (non-hydrogen) atoms. The second-order valence-corrected chi connectivity index (χ2v) is 7.40. The molecular formula is C21H23BrN2O4. The number of para-hydroxylation sites is 2. The number of carbonyl (C=O) groups is 2. The smallest absolute Gasteiger partial charge is 0.260 e. The van der Waals surface area contributed by atoms with Gasteiger partial charge in [0.1, 0.15) is 0 Å². The van der Waals surface area contributed by atoms with Gasteiger partial charge < -0.3 is 19.7 Å². The van der Waals surface area contributed by atoms with Crippen molar-refractivity contribution in [2.75, 3.05) is 26.8 Å². The number of nitrogens with zero attached hydrogens (tertiary/aromatic N) is 1. The summed E-state index contributed by atoms with van der Waals surface area (Å²) in [5, 5.41) is 3.05. The van der Waals surface area contributed by atoms with Gasteiger partial charge in [-0.3, -0.25) is 9.59 Å². The quantitative estimate of drug-likeness (QED) is 0.739. The molecule has 0 atom stereocenters. The fourth-order valence-electron chi connectivity index (χ4n) is 3.15. The van der Waals surface area contributed by atoms with E-state index in [1.165, 1.54) is 0 Å². The first-order valence-corrected chi connectivity index (χ1v) is 9.96. The van der Waals surface area contributed by atoms with Crippen LogP contribution in [0.3, 0.4) is 0 Å². The zero-order valence-corrected chi connectivity index (χ0v) is 17.3. The van der Waals surface area contributed by atoms with Crippen molar-refractivity contribution in [3.05, 3.63) is 58.6 Å². The van der Waals surface area contributed by atoms with Crippen molar-refractivity contribution < 1.29 is 19.1 Å². The van der Waals surface area contributed by atoms with Crippen LogP contribution in [0.2, 0.25) is 0 Å². The molecule has 1 N–H and O–H groups in total. The Hall–Kier alpha value is -2.54. The summed E-state index contributed by atoms with van der Waals surface area (Å²) in [6, 6.07) is 14.6. The van der Waals surface area contributed by atoms with Crippen molar-refractivity contribution in [1.29, 1.82) is 0 Å². The molecule has 2 aromatic rings. The number of halogens is 1. The molecule has 1 saturated heterocycles. The van der Waals surface area contributed by atoms with E-state index in [0.29, 0.717) is 30.2 Å². The molecule has 0 spiro atoms. The lowest BCUT2D eigenvalue weighted by atomic mass is 10.0. The van der Waals surface area contributed by atoms with Crippen LogP contribution in [-0.4, -0.2) is 49.6 Å². The SMILES string of the molecule is COc1ccccc1OCC(=O)N1CCC(NC(=O)c2ccccc2Br)CC1. The molecule has 1 aliphatic heterocycles. The van der Waals surface area contributed by atoms with Crippen molar-refractivity contribution in [3.8, 4) is 11.5 Å². The minimum absolute atomic E-state index is 0.0334. The first-order chi connectivity index (χ1) is 13.6. The number of nitrogens with one attached hydrogen (secondary N) is 1. The van der Waals surface area contributed by atoms with Gasteiger partial charge in [0.25, 0.3) is 11.8 Å². The molecule has 0 saturated carbocycles. The lowest BCUT2D eigenvalue weighted by Gasteiger charge is -2.32. The zero-order chi connectivity index (χ0) is 19.9. The van der Waals surface area contributed by atoms with Gasteiger partial charge in [-0.1, -0.05) is 24.3 Å². The predicted molar refractivity (Wildman–Crippen MR) is 110 cm³/mol. The maximum absolute atomic E-state index is 12.4. The number of ether oxygens (including phenoxy) is 2. The van der Waals surface area contributed by atoms with Crippen molar-refractivity contribution in [3.63, 3.8) is 0 Å². The Morgan fingerprint density at radius 1 is 1.07 bits per heavy atom. The van der Waals surface area contributed by atoms with E-state index in [9.17, 15) is 9.59 Å². The second kappa shape index (κ2) is 9.59. The van der Waals surface area contributed by atoms with Gasteiger partial charge in [-0.15, -0.1) is 0 Å². The predicted octanol–water partition coefficient (Wildman–Crippen LogP) is 3.26. The van der Waals surface area contributed by atoms with Gasteiger partial charge in [-0.05, 0) is 53.0 Å². The van der Waals surface area contributed by atoms with Crippen LogP contribution in [0, 0.1) is 0 Å². The van der Waals surface area contributed by atoms with E-state index in [4.69, 9.17) is 9.47 Å². The number of carbonyl (C=O) groups excluding carboxylic acids is 2. The molecule has 6 nitrogen and oxygen atoms in total. The third-order valence-corrected chi connectivity index (χ3v) is 5.41. The topological polar surface area (TPSA) is 67.9 Å². The molecule has 0 unspecified atom stereocenters. The van der Waals surface area contributed by atoms with E-state index < -0.39 is 0 Å². The summed E-state index contributed by atoms with van der Waals surface area (Å²) < 4.78 is 11.6. The van der Waals surface area contributed by atoms with Crippen molar-refractivity contribution in [2.45, 2.75) is 18.9 Å². The van der Waals surface area contributed by atoms with E-state index in [0.717, 1.165) is 17.3 Å². The third-order valence-electron chi connectivity index (χ3n) is 4.72. The summed E-state index contributed by atoms with van der Waals surface area (Å²) in [5.74, 6) is 0.982. The summed E-state index contributed by atoms with van der Waals surface area (Å²) in [5.41, 5.74) is 0.617. The molecule has 0 bridgehead atoms. The van der Waals surface area contributed by atoms with E-state index >= 15 is 0 Å². The Labute approximate surface area is 172 Å². The number of amides is 2. The Balaban J connectivity index is 1.46. The number of likely N-dealkylation sites (tertiary alicyclic amines) is 1. The molecule has 2 aromatic carbocycles. The standard InChI is InChI=1S/C21H23BrN2O4/c1-27-18-8-4-5-9-19(18)28-14-20(25)24-12-10-15(11-13-24)23-21(26)16-6-2-3-7-17(16)22/h2-9,15H,10-14H2,1H3,(H,23,26). The molecule has 1 aliphatic rings. The maximum Gasteiger partial charge on any atom is 0.260 e. The second-order valence-electron chi connectivity index (χ2n) is 6.55. The fourth-order valence-corrected chi connectivity index (χ4v) is 3.62. The van der Waals surface area contributed by atoms with Gasteiger partial charge in [0.2, 0.25) is 0 Å². The lowest BCUT2D eigenvalue weighted by Crippen LogP contribution is -2.47. The molecule has 0 aliphatic carbocycles. The summed E-state index contributed by atoms with van der Waals surface area (Å²) in [6.07, 6.45) is 1.44. The Bertz CT molecular complexity index is 835. The fraction of sp³-hybridized carbons (Fsp3) is 0.333. The van der Waals surface area contributed by atoms with Gasteiger partial charge >= 0.3 is 0 Å². The number of rotatable bonds is 6. The average Bonchev–Trinajstić information content (AvgIpc) is 2.73. The van der Waals surface area contributed by atoms with Gasteiger partial charge in [-0.25, -0.2) is 0 Å². The van der Waals surface area contributed by atoms with E-state index in [-0.39, 0.29) is 24.5 Å². The van der Waals surface area contributed by atoms with Crippen LogP contribution in [0.15, 0.2) is 53.0 Å². The largest absolute Gasteiger partial charge is 0.493 e. The first kappa shape index (κ1) is 20.2. The highest BCUT2D eigenvalue weighted by molar-refractivity contribution is 9.10. The van der Waals surface area contributed by atoms with E-state index in [1.54, 1.807) is 30.2 Å². The van der Waals surface area contributed by atoms with Crippen LogP contribution in [-0.2, 0) is 4.79 Å². The number of hydrogen-bond acceptors (Lipinski definition) is 4. The van der Waals surface area contributed by atoms with Crippen molar-refractivity contribution >= 4 is 27.7 Å². The van der Waals surface area contributed by atoms with Crippen LogP contribution in [0.5, 0.6) is 11.5 Å². The summed E-state index contributed by atoms with van der Waals surface area (Å²) in [7, 11) is 1.57. The van der Waals surface area contributed by atoms with Gasteiger partial charge in [-0.2, -0.15) is 0 Å². The Kier molecular flexibility index (Phi) is 6.92. The highest BCUT2D eigenvalue weighted by Gasteiger charge is 2.25. The normalized spacial score (nSPS) is 14.4. The third kappa shape index (κ3) is 5.04. The van der Waals surface area contributed by atoms with E-state index in [1.807, 2.05) is 30.3 Å². The molecule has 1 heterocycles. The molecule has 0 radical (unpaired) electrons. The average molecular weight is 447 g/mol. The van der Waals surface area contributed by atoms with Gasteiger partial charge in [0.05, 0.1) is 12.7 Å². The molecule has 148 valence electrons. The highest BCUT2D eigenvalue weighted by Crippen LogP contribution is 2.25. The number of hydrogen-bond donors (Lipinski definition) is 1. The summed E-state index contributed by atoms with van der Waals surface area (Å²) in [4.78, 5) is 26.6. The van der Waals surface area contributed by atoms with Gasteiger partial charge in [0.15, 0.2) is 18.1 Å².